The molecule has 2 aromatic carbocycles. The lowest BCUT2D eigenvalue weighted by molar-refractivity contribution is 0.0162. The number of aromatic amines is 1. The van der Waals surface area contributed by atoms with Gasteiger partial charge in [0, 0.05) is 53.5 Å². The fourth-order valence-corrected chi connectivity index (χ4v) is 5.91. The number of aliphatic hydroxyl groups is 1. The van der Waals surface area contributed by atoms with Crippen LogP contribution in [-0.4, -0.2) is 70.4 Å². The molecule has 0 spiro atoms. The summed E-state index contributed by atoms with van der Waals surface area (Å²) in [5.74, 6) is -1.88. The standard InChI is InChI=1S/C29H36F4N4O/c1-4-5-8-36-13-20(14-36)34-19-11-23(31)26(24(32)12-19)28-27-22(21-10-18(30)6-7-25(21)35-27)9-17(2)37(28)15-29(3,33)16-38/h6-7,10-12,17,20,28,34-35,38H,4-5,8-9,13-16H2,1-3H3/t17-,28-,29+/m1/s1. The zero-order valence-electron chi connectivity index (χ0n) is 22.1. The molecule has 1 fully saturated rings. The van der Waals surface area contributed by atoms with Gasteiger partial charge in [0.2, 0.25) is 0 Å². The van der Waals surface area contributed by atoms with Gasteiger partial charge >= 0.3 is 0 Å². The Balaban J connectivity index is 1.52. The molecule has 3 aromatic rings. The fraction of sp³-hybridized carbons (Fsp3) is 0.517. The van der Waals surface area contributed by atoms with E-state index in [0.29, 0.717) is 28.7 Å². The molecule has 2 aliphatic heterocycles. The zero-order chi connectivity index (χ0) is 27.2. The van der Waals surface area contributed by atoms with Crippen LogP contribution in [0.4, 0.5) is 23.2 Å². The largest absolute Gasteiger partial charge is 0.393 e. The molecular formula is C29H36F4N4O. The number of benzene rings is 2. The van der Waals surface area contributed by atoms with Crippen molar-refractivity contribution in [3.05, 3.63) is 64.6 Å². The molecule has 5 nitrogen and oxygen atoms in total. The number of anilines is 1. The van der Waals surface area contributed by atoms with Crippen molar-refractivity contribution in [3.8, 4) is 0 Å². The average Bonchev–Trinajstić information content (AvgIpc) is 3.18. The van der Waals surface area contributed by atoms with Crippen molar-refractivity contribution >= 4 is 16.6 Å². The smallest absolute Gasteiger partial charge is 0.143 e. The first-order valence-corrected chi connectivity index (χ1v) is 13.4. The molecule has 9 heteroatoms. The minimum atomic E-state index is -1.98. The van der Waals surface area contributed by atoms with Crippen LogP contribution in [0.3, 0.4) is 0 Å². The van der Waals surface area contributed by atoms with Crippen molar-refractivity contribution in [1.82, 2.24) is 14.8 Å². The molecule has 3 atom stereocenters. The van der Waals surface area contributed by atoms with Crippen LogP contribution >= 0.6 is 0 Å². The van der Waals surface area contributed by atoms with Gasteiger partial charge in [-0.05, 0) is 69.1 Å². The SMILES string of the molecule is CCCCN1CC(Nc2cc(F)c([C@@H]3c4[nH]c5ccc(F)cc5c4C[C@@H](C)N3C[C@](C)(F)CO)c(F)c2)C1. The zero-order valence-corrected chi connectivity index (χ0v) is 22.1. The van der Waals surface area contributed by atoms with Gasteiger partial charge in [0.15, 0.2) is 0 Å². The topological polar surface area (TPSA) is 54.5 Å². The third-order valence-corrected chi connectivity index (χ3v) is 7.92. The number of unbranched alkanes of at least 4 members (excludes halogenated alkanes) is 1. The molecule has 3 N–H and O–H groups in total. The fourth-order valence-electron chi connectivity index (χ4n) is 5.91. The highest BCUT2D eigenvalue weighted by molar-refractivity contribution is 5.85. The van der Waals surface area contributed by atoms with E-state index >= 15 is 13.2 Å². The Morgan fingerprint density at radius 1 is 1.13 bits per heavy atom. The number of halogens is 4. The van der Waals surface area contributed by atoms with E-state index in [2.05, 4.69) is 22.1 Å². The van der Waals surface area contributed by atoms with E-state index < -0.39 is 35.8 Å². The second-order valence-electron chi connectivity index (χ2n) is 11.2. The highest BCUT2D eigenvalue weighted by Crippen LogP contribution is 2.43. The summed E-state index contributed by atoms with van der Waals surface area (Å²) in [7, 11) is 0. The summed E-state index contributed by atoms with van der Waals surface area (Å²) in [6, 6.07) is 5.76. The van der Waals surface area contributed by atoms with Crippen LogP contribution in [0.25, 0.3) is 10.9 Å². The van der Waals surface area contributed by atoms with E-state index in [1.807, 2.05) is 6.92 Å². The molecular weight excluding hydrogens is 496 g/mol. The van der Waals surface area contributed by atoms with Crippen molar-refractivity contribution in [1.29, 1.82) is 0 Å². The molecule has 0 amide bonds. The van der Waals surface area contributed by atoms with E-state index in [9.17, 15) is 9.50 Å². The Kier molecular flexibility index (Phi) is 7.46. The van der Waals surface area contributed by atoms with Crippen LogP contribution in [-0.2, 0) is 6.42 Å². The number of fused-ring (bicyclic) bond motifs is 3. The summed E-state index contributed by atoms with van der Waals surface area (Å²) in [6.45, 7) is 6.98. The molecule has 1 saturated heterocycles. The van der Waals surface area contributed by atoms with Crippen LogP contribution in [0.2, 0.25) is 0 Å². The van der Waals surface area contributed by atoms with Gasteiger partial charge in [-0.1, -0.05) is 13.3 Å². The van der Waals surface area contributed by atoms with Gasteiger partial charge in [0.05, 0.1) is 18.7 Å². The first-order valence-electron chi connectivity index (χ1n) is 13.4. The van der Waals surface area contributed by atoms with Crippen molar-refractivity contribution in [2.45, 2.75) is 63.8 Å². The first kappa shape index (κ1) is 27.0. The third-order valence-electron chi connectivity index (χ3n) is 7.92. The van der Waals surface area contributed by atoms with Gasteiger partial charge in [-0.2, -0.15) is 0 Å². The molecule has 2 aliphatic rings. The molecule has 0 aliphatic carbocycles. The summed E-state index contributed by atoms with van der Waals surface area (Å²) < 4.78 is 60.8. The number of hydrogen-bond acceptors (Lipinski definition) is 4. The van der Waals surface area contributed by atoms with E-state index in [1.54, 1.807) is 11.0 Å². The number of likely N-dealkylation sites (tertiary alicyclic amines) is 1. The molecule has 1 aromatic heterocycles. The molecule has 0 radical (unpaired) electrons. The molecule has 3 heterocycles. The molecule has 0 saturated carbocycles. The highest BCUT2D eigenvalue weighted by Gasteiger charge is 2.42. The Hall–Kier alpha value is -2.62. The maximum Gasteiger partial charge on any atom is 0.143 e. The van der Waals surface area contributed by atoms with Gasteiger partial charge in [0.1, 0.15) is 23.1 Å². The summed E-state index contributed by atoms with van der Waals surface area (Å²) in [6.07, 6.45) is 2.68. The number of H-pyrrole nitrogens is 1. The van der Waals surface area contributed by atoms with Crippen molar-refractivity contribution in [2.75, 3.05) is 38.1 Å². The maximum absolute atomic E-state index is 15.8. The Labute approximate surface area is 220 Å². The van der Waals surface area contributed by atoms with Crippen LogP contribution in [0.15, 0.2) is 30.3 Å². The van der Waals surface area contributed by atoms with Gasteiger partial charge in [-0.25, -0.2) is 17.6 Å². The second kappa shape index (κ2) is 10.5. The number of hydrogen-bond donors (Lipinski definition) is 3. The summed E-state index contributed by atoms with van der Waals surface area (Å²) in [5, 5.41) is 13.5. The number of alkyl halides is 1. The minimum absolute atomic E-state index is 0.120. The van der Waals surface area contributed by atoms with Crippen LogP contribution < -0.4 is 5.32 Å². The van der Waals surface area contributed by atoms with Crippen LogP contribution in [0.1, 0.15) is 56.5 Å². The van der Waals surface area contributed by atoms with Gasteiger partial charge in [0.25, 0.3) is 0 Å². The first-order chi connectivity index (χ1) is 18.1. The number of aromatic nitrogens is 1. The highest BCUT2D eigenvalue weighted by atomic mass is 19.1. The maximum atomic E-state index is 15.8. The third kappa shape index (κ3) is 5.16. The predicted molar refractivity (Wildman–Crippen MR) is 142 cm³/mol. The van der Waals surface area contributed by atoms with E-state index in [-0.39, 0.29) is 24.2 Å². The van der Waals surface area contributed by atoms with Crippen LogP contribution in [0.5, 0.6) is 0 Å². The van der Waals surface area contributed by atoms with Crippen molar-refractivity contribution < 1.29 is 22.7 Å². The van der Waals surface area contributed by atoms with E-state index in [4.69, 9.17) is 0 Å². The summed E-state index contributed by atoms with van der Waals surface area (Å²) in [5.41, 5.74) is 0.121. The molecule has 206 valence electrons. The van der Waals surface area contributed by atoms with E-state index in [1.165, 1.54) is 31.2 Å². The monoisotopic (exact) mass is 532 g/mol. The normalized spacial score (nSPS) is 22.3. The minimum Gasteiger partial charge on any atom is -0.393 e. The van der Waals surface area contributed by atoms with Crippen LogP contribution in [0, 0.1) is 17.5 Å². The number of rotatable bonds is 9. The Morgan fingerprint density at radius 3 is 2.50 bits per heavy atom. The summed E-state index contributed by atoms with van der Waals surface area (Å²) >= 11 is 0. The van der Waals surface area contributed by atoms with E-state index in [0.717, 1.165) is 38.0 Å². The number of nitrogens with zero attached hydrogens (tertiary/aromatic N) is 2. The lowest BCUT2D eigenvalue weighted by Gasteiger charge is -2.43. The number of aliphatic hydroxyl groups excluding tert-OH is 1. The predicted octanol–water partition coefficient (Wildman–Crippen LogP) is 5.54. The summed E-state index contributed by atoms with van der Waals surface area (Å²) in [4.78, 5) is 7.23. The van der Waals surface area contributed by atoms with Gasteiger partial charge in [-0.15, -0.1) is 0 Å². The quantitative estimate of drug-likeness (QED) is 0.317. The molecule has 38 heavy (non-hydrogen) atoms. The average molecular weight is 533 g/mol. The Morgan fingerprint density at radius 2 is 1.84 bits per heavy atom. The second-order valence-corrected chi connectivity index (χ2v) is 11.2. The lowest BCUT2D eigenvalue weighted by atomic mass is 9.87. The molecule has 0 unspecified atom stereocenters. The Bertz CT molecular complexity index is 1280. The van der Waals surface area contributed by atoms with Crippen molar-refractivity contribution in [2.24, 2.45) is 0 Å². The number of nitrogens with one attached hydrogen (secondary N) is 2. The van der Waals surface area contributed by atoms with Gasteiger partial charge < -0.3 is 15.4 Å². The lowest BCUT2D eigenvalue weighted by Crippen LogP contribution is -2.54. The van der Waals surface area contributed by atoms with Gasteiger partial charge in [-0.3, -0.25) is 9.80 Å². The molecule has 5 rings (SSSR count). The molecule has 0 bridgehead atoms. The van der Waals surface area contributed by atoms with Crippen molar-refractivity contribution in [3.63, 3.8) is 0 Å².